The fourth-order valence-corrected chi connectivity index (χ4v) is 3.83. The predicted octanol–water partition coefficient (Wildman–Crippen LogP) is 3.62. The van der Waals surface area contributed by atoms with Gasteiger partial charge in [0.1, 0.15) is 6.04 Å². The van der Waals surface area contributed by atoms with Crippen molar-refractivity contribution in [2.75, 3.05) is 13.1 Å². The zero-order valence-electron chi connectivity index (χ0n) is 16.0. The summed E-state index contributed by atoms with van der Waals surface area (Å²) in [5, 5.41) is 8.10. The van der Waals surface area contributed by atoms with Crippen molar-refractivity contribution in [1.82, 2.24) is 20.0 Å². The maximum Gasteiger partial charge on any atom is 0.254 e. The quantitative estimate of drug-likeness (QED) is 0.722. The molecule has 3 rings (SSSR count). The number of likely N-dealkylation sites (tertiary alicyclic amines) is 1. The van der Waals surface area contributed by atoms with Gasteiger partial charge in [0, 0.05) is 30.9 Å². The topological polar surface area (TPSA) is 67.2 Å². The van der Waals surface area contributed by atoms with E-state index < -0.39 is 6.04 Å². The fraction of sp³-hybridized carbons (Fsp3) is 0.450. The maximum absolute atomic E-state index is 12.8. The third kappa shape index (κ3) is 4.67. The molecular weight excluding hydrogens is 399 g/mol. The highest BCUT2D eigenvalue weighted by Gasteiger charge is 2.34. The van der Waals surface area contributed by atoms with E-state index in [9.17, 15) is 9.59 Å². The largest absolute Gasteiger partial charge is 0.354 e. The molecule has 0 saturated carbocycles. The Hall–Kier alpha value is -2.05. The van der Waals surface area contributed by atoms with Gasteiger partial charge in [0.05, 0.1) is 15.7 Å². The summed E-state index contributed by atoms with van der Waals surface area (Å²) in [7, 11) is 0. The summed E-state index contributed by atoms with van der Waals surface area (Å²) >= 11 is 11.9. The van der Waals surface area contributed by atoms with E-state index in [1.54, 1.807) is 23.1 Å². The number of hydrogen-bond acceptors (Lipinski definition) is 3. The van der Waals surface area contributed by atoms with Crippen LogP contribution in [0.15, 0.2) is 24.3 Å². The molecule has 2 amide bonds. The zero-order chi connectivity index (χ0) is 20.3. The molecule has 2 aromatic rings. The van der Waals surface area contributed by atoms with Gasteiger partial charge in [-0.1, -0.05) is 23.2 Å². The molecular formula is C20H24Cl2N4O2. The SMILES string of the molecule is Cc1cc(C)n(CCCNC(=O)C2CCCN2C(=O)c2ccc(Cl)c(Cl)c2)n1. The lowest BCUT2D eigenvalue weighted by Crippen LogP contribution is -2.46. The number of hydrogen-bond donors (Lipinski definition) is 1. The second-order valence-electron chi connectivity index (χ2n) is 7.08. The number of aromatic nitrogens is 2. The van der Waals surface area contributed by atoms with E-state index in [1.165, 1.54) is 0 Å². The molecule has 1 saturated heterocycles. The number of rotatable bonds is 6. The van der Waals surface area contributed by atoms with Crippen molar-refractivity contribution in [3.63, 3.8) is 0 Å². The van der Waals surface area contributed by atoms with Gasteiger partial charge in [0.25, 0.3) is 5.91 Å². The number of halogens is 2. The first-order chi connectivity index (χ1) is 13.4. The van der Waals surface area contributed by atoms with Crippen molar-refractivity contribution in [3.8, 4) is 0 Å². The van der Waals surface area contributed by atoms with E-state index in [0.29, 0.717) is 35.1 Å². The lowest BCUT2D eigenvalue weighted by atomic mass is 10.1. The number of aryl methyl sites for hydroxylation is 3. The second kappa shape index (κ2) is 8.97. The van der Waals surface area contributed by atoms with Crippen LogP contribution in [0.25, 0.3) is 0 Å². The molecule has 8 heteroatoms. The van der Waals surface area contributed by atoms with Crippen molar-refractivity contribution in [1.29, 1.82) is 0 Å². The minimum atomic E-state index is -0.448. The molecule has 1 unspecified atom stereocenters. The normalized spacial score (nSPS) is 16.4. The maximum atomic E-state index is 12.8. The van der Waals surface area contributed by atoms with Crippen LogP contribution in [0.3, 0.4) is 0 Å². The summed E-state index contributed by atoms with van der Waals surface area (Å²) in [6.45, 7) is 5.83. The Balaban J connectivity index is 1.54. The second-order valence-corrected chi connectivity index (χ2v) is 7.89. The van der Waals surface area contributed by atoms with Crippen LogP contribution in [0.1, 0.15) is 41.0 Å². The number of carbonyl (C=O) groups is 2. The monoisotopic (exact) mass is 422 g/mol. The van der Waals surface area contributed by atoms with Gasteiger partial charge in [0.15, 0.2) is 0 Å². The van der Waals surface area contributed by atoms with Crippen LogP contribution in [-0.2, 0) is 11.3 Å². The summed E-state index contributed by atoms with van der Waals surface area (Å²) in [6, 6.07) is 6.37. The average molecular weight is 423 g/mol. The molecule has 28 heavy (non-hydrogen) atoms. The Morgan fingerprint density at radius 1 is 1.21 bits per heavy atom. The number of nitrogens with one attached hydrogen (secondary N) is 1. The first kappa shape index (κ1) is 20.7. The van der Waals surface area contributed by atoms with Crippen molar-refractivity contribution in [2.24, 2.45) is 0 Å². The number of carbonyl (C=O) groups excluding carboxylic acids is 2. The van der Waals surface area contributed by atoms with Crippen LogP contribution in [-0.4, -0.2) is 45.6 Å². The van der Waals surface area contributed by atoms with Crippen molar-refractivity contribution >= 4 is 35.0 Å². The first-order valence-electron chi connectivity index (χ1n) is 9.41. The van der Waals surface area contributed by atoms with Gasteiger partial charge in [0.2, 0.25) is 5.91 Å². The molecule has 0 aliphatic carbocycles. The highest BCUT2D eigenvalue weighted by molar-refractivity contribution is 6.42. The molecule has 1 fully saturated rings. The third-order valence-corrected chi connectivity index (χ3v) is 5.67. The molecule has 6 nitrogen and oxygen atoms in total. The van der Waals surface area contributed by atoms with Crippen LogP contribution in [0.4, 0.5) is 0 Å². The van der Waals surface area contributed by atoms with Crippen LogP contribution in [0.5, 0.6) is 0 Å². The summed E-state index contributed by atoms with van der Waals surface area (Å²) in [5.41, 5.74) is 2.54. The highest BCUT2D eigenvalue weighted by Crippen LogP contribution is 2.26. The highest BCUT2D eigenvalue weighted by atomic mass is 35.5. The van der Waals surface area contributed by atoms with Crippen molar-refractivity contribution in [2.45, 2.75) is 45.7 Å². The Kier molecular flexibility index (Phi) is 6.62. The summed E-state index contributed by atoms with van der Waals surface area (Å²) in [5.74, 6) is -0.307. The van der Waals surface area contributed by atoms with E-state index in [0.717, 1.165) is 30.8 Å². The Morgan fingerprint density at radius 3 is 2.68 bits per heavy atom. The first-order valence-corrected chi connectivity index (χ1v) is 10.2. The number of amides is 2. The van der Waals surface area contributed by atoms with Gasteiger partial charge in [-0.25, -0.2) is 0 Å². The Labute approximate surface area is 174 Å². The molecule has 0 radical (unpaired) electrons. The smallest absolute Gasteiger partial charge is 0.254 e. The molecule has 1 aliphatic rings. The molecule has 1 N–H and O–H groups in total. The van der Waals surface area contributed by atoms with Gasteiger partial charge in [-0.15, -0.1) is 0 Å². The van der Waals surface area contributed by atoms with Gasteiger partial charge in [-0.2, -0.15) is 5.10 Å². The molecule has 2 heterocycles. The van der Waals surface area contributed by atoms with E-state index >= 15 is 0 Å². The van der Waals surface area contributed by atoms with Crippen molar-refractivity contribution in [3.05, 3.63) is 51.3 Å². The Morgan fingerprint density at radius 2 is 2.00 bits per heavy atom. The fourth-order valence-electron chi connectivity index (χ4n) is 3.54. The van der Waals surface area contributed by atoms with Crippen molar-refractivity contribution < 1.29 is 9.59 Å². The van der Waals surface area contributed by atoms with Crippen LogP contribution in [0, 0.1) is 13.8 Å². The molecule has 1 aromatic heterocycles. The van der Waals surface area contributed by atoms with Gasteiger partial charge in [-0.05, 0) is 57.4 Å². The average Bonchev–Trinajstić information content (AvgIpc) is 3.26. The molecule has 1 atom stereocenters. The van der Waals surface area contributed by atoms with E-state index in [1.807, 2.05) is 24.6 Å². The van der Waals surface area contributed by atoms with Gasteiger partial charge < -0.3 is 10.2 Å². The summed E-state index contributed by atoms with van der Waals surface area (Å²) in [4.78, 5) is 27.1. The molecule has 1 aliphatic heterocycles. The summed E-state index contributed by atoms with van der Waals surface area (Å²) in [6.07, 6.45) is 2.24. The summed E-state index contributed by atoms with van der Waals surface area (Å²) < 4.78 is 1.94. The lowest BCUT2D eigenvalue weighted by Gasteiger charge is -2.24. The number of nitrogens with zero attached hydrogens (tertiary/aromatic N) is 3. The molecule has 0 bridgehead atoms. The van der Waals surface area contributed by atoms with Gasteiger partial charge in [-0.3, -0.25) is 14.3 Å². The van der Waals surface area contributed by atoms with Crippen LogP contribution < -0.4 is 5.32 Å². The lowest BCUT2D eigenvalue weighted by molar-refractivity contribution is -0.124. The molecule has 0 spiro atoms. The Bertz CT molecular complexity index is 881. The zero-order valence-corrected chi connectivity index (χ0v) is 17.6. The standard InChI is InChI=1S/C20H24Cl2N4O2/c1-13-11-14(2)26(24-13)10-4-8-23-19(27)18-5-3-9-25(18)20(28)15-6-7-16(21)17(22)12-15/h6-7,11-12,18H,3-5,8-10H2,1-2H3,(H,23,27). The molecule has 1 aromatic carbocycles. The number of benzene rings is 1. The van der Waals surface area contributed by atoms with Crippen LogP contribution >= 0.6 is 23.2 Å². The molecule has 150 valence electrons. The van der Waals surface area contributed by atoms with E-state index in [-0.39, 0.29) is 11.8 Å². The van der Waals surface area contributed by atoms with E-state index in [4.69, 9.17) is 23.2 Å². The minimum absolute atomic E-state index is 0.112. The minimum Gasteiger partial charge on any atom is -0.354 e. The third-order valence-electron chi connectivity index (χ3n) is 4.93. The van der Waals surface area contributed by atoms with Gasteiger partial charge >= 0.3 is 0 Å². The van der Waals surface area contributed by atoms with Crippen LogP contribution in [0.2, 0.25) is 10.0 Å². The van der Waals surface area contributed by atoms with E-state index in [2.05, 4.69) is 10.4 Å². The predicted molar refractivity (Wildman–Crippen MR) is 110 cm³/mol.